The lowest BCUT2D eigenvalue weighted by Gasteiger charge is -2.46. The Balaban J connectivity index is 1.44. The zero-order chi connectivity index (χ0) is 53.2. The molecule has 0 aromatic heterocycles. The van der Waals surface area contributed by atoms with Gasteiger partial charge in [0.2, 0.25) is 12.1 Å². The van der Waals surface area contributed by atoms with Crippen molar-refractivity contribution in [3.05, 3.63) is 121 Å². The number of aliphatic imine (C=N–C) groups is 1. The highest BCUT2D eigenvalue weighted by atomic mass is 16.7. The van der Waals surface area contributed by atoms with Crippen LogP contribution < -0.4 is 26.7 Å². The number of rotatable bonds is 12. The molecular formula is C55H60N4O15. The van der Waals surface area contributed by atoms with Crippen molar-refractivity contribution in [3.63, 3.8) is 0 Å². The first kappa shape index (κ1) is 53.5. The monoisotopic (exact) mass is 1020 g/mol. The predicted octanol–water partition coefficient (Wildman–Crippen LogP) is 2.31. The smallest absolute Gasteiger partial charge is 0.308 e. The number of nitrogens with two attached hydrogens (primary N) is 3. The summed E-state index contributed by atoms with van der Waals surface area (Å²) in [4.78, 5) is 61.1. The van der Waals surface area contributed by atoms with Gasteiger partial charge in [0.05, 0.1) is 49.2 Å². The fourth-order valence-electron chi connectivity index (χ4n) is 10.4. The predicted molar refractivity (Wildman–Crippen MR) is 268 cm³/mol. The highest BCUT2D eigenvalue weighted by Crippen LogP contribution is 2.49. The van der Waals surface area contributed by atoms with Gasteiger partial charge in [-0.25, -0.2) is 0 Å². The van der Waals surface area contributed by atoms with Crippen LogP contribution in [0.15, 0.2) is 53.5 Å². The lowest BCUT2D eigenvalue weighted by atomic mass is 9.75. The van der Waals surface area contributed by atoms with Gasteiger partial charge in [-0.15, -0.1) is 0 Å². The zero-order valence-electron chi connectivity index (χ0n) is 40.9. The molecule has 4 aromatic carbocycles. The Morgan fingerprint density at radius 2 is 1.69 bits per heavy atom. The number of aliphatic hydroxyl groups is 6. The normalized spacial score (nSPS) is 23.4. The van der Waals surface area contributed by atoms with Crippen molar-refractivity contribution < 1.29 is 73.9 Å². The Morgan fingerprint density at radius 3 is 2.39 bits per heavy atom. The van der Waals surface area contributed by atoms with E-state index in [0.717, 1.165) is 12.5 Å². The summed E-state index contributed by atoms with van der Waals surface area (Å²) in [6, 6.07) is 12.4. The number of aliphatic hydroxyl groups excluding tert-OH is 3. The second kappa shape index (κ2) is 21.9. The molecule has 0 radical (unpaired) electrons. The fourth-order valence-corrected chi connectivity index (χ4v) is 10.4. The summed E-state index contributed by atoms with van der Waals surface area (Å²) < 4.78 is 24.3. The molecule has 3 aliphatic carbocycles. The Morgan fingerprint density at radius 1 is 0.959 bits per heavy atom. The third-order valence-electron chi connectivity index (χ3n) is 14.0. The van der Waals surface area contributed by atoms with E-state index >= 15 is 9.59 Å². The minimum Gasteiger partial charge on any atom is -0.507 e. The van der Waals surface area contributed by atoms with Crippen LogP contribution in [0, 0.1) is 11.8 Å². The second-order valence-corrected chi connectivity index (χ2v) is 19.2. The van der Waals surface area contributed by atoms with Gasteiger partial charge in [-0.2, -0.15) is 0 Å². The first-order valence-corrected chi connectivity index (χ1v) is 24.4. The van der Waals surface area contributed by atoms with Gasteiger partial charge in [-0.1, -0.05) is 73.2 Å². The van der Waals surface area contributed by atoms with E-state index in [4.69, 9.17) is 36.1 Å². The summed E-state index contributed by atoms with van der Waals surface area (Å²) >= 11 is 0. The molecule has 1 saturated heterocycles. The average molecular weight is 1020 g/mol. The van der Waals surface area contributed by atoms with Crippen LogP contribution in [-0.4, -0.2) is 121 Å². The highest BCUT2D eigenvalue weighted by molar-refractivity contribution is 6.32. The molecule has 4 aliphatic rings. The van der Waals surface area contributed by atoms with Crippen LogP contribution in [0.4, 0.5) is 0 Å². The molecule has 74 heavy (non-hydrogen) atoms. The van der Waals surface area contributed by atoms with Crippen molar-refractivity contribution in [2.45, 2.75) is 126 Å². The van der Waals surface area contributed by atoms with E-state index < -0.39 is 108 Å². The molecule has 1 aliphatic heterocycles. The number of fused-ring (bicyclic) bond motifs is 2. The first-order chi connectivity index (χ1) is 35.3. The van der Waals surface area contributed by atoms with Gasteiger partial charge < -0.3 is 71.9 Å². The number of esters is 1. The minimum atomic E-state index is -3.11. The molecule has 0 spiro atoms. The van der Waals surface area contributed by atoms with E-state index in [1.807, 2.05) is 12.1 Å². The number of hydrogen-bond donors (Lipinski definition) is 10. The molecule has 8 rings (SSSR count). The van der Waals surface area contributed by atoms with Gasteiger partial charge >= 0.3 is 5.97 Å². The highest BCUT2D eigenvalue weighted by Gasteiger charge is 2.56. The molecule has 19 heteroatoms. The van der Waals surface area contributed by atoms with E-state index in [-0.39, 0.29) is 88.6 Å². The van der Waals surface area contributed by atoms with Gasteiger partial charge in [0.1, 0.15) is 23.4 Å². The van der Waals surface area contributed by atoms with Crippen molar-refractivity contribution in [2.75, 3.05) is 13.2 Å². The second-order valence-electron chi connectivity index (χ2n) is 19.2. The number of aldehydes is 1. The molecule has 1 heterocycles. The standard InChI is InChI=1S/C55H60N4O15/c1-28-50(67)55(69,70)51(71-21-20-59-53(57)58)52(72-28)74-49-37-12-7-11-34(56)15-16-35(63)23-31-9-5-8-30(22-31)14-17-36-41(73-29(2)62)25-33(26-60)42-43(36)48(66)44(37)45(47(42)65)46(64)38(49)24-32-10-6-13-40(39(32)27-61)54(68)18-3-4-19-54/h5-6,8-10,13-14,17,22,25,27-28,34-35,50-52,60,63-64,67-70H,3-4,12,15-16,18-21,23-24,26,56H2,1-2H3,(H4,57,58,59)/b17-14+/t28-,34-,35+,50+,51-,52+/m0/s1. The summed E-state index contributed by atoms with van der Waals surface area (Å²) in [6.45, 7) is 1.04. The Bertz CT molecular complexity index is 3000. The van der Waals surface area contributed by atoms with Gasteiger partial charge in [0.25, 0.3) is 0 Å². The van der Waals surface area contributed by atoms with Crippen LogP contribution >= 0.6 is 0 Å². The number of guanidine groups is 1. The van der Waals surface area contributed by atoms with Crippen molar-refractivity contribution in [2.24, 2.45) is 22.2 Å². The lowest BCUT2D eigenvalue weighted by Crippen LogP contribution is -2.67. The number of aromatic hydroxyl groups is 1. The number of carbonyl (C=O) groups is 4. The van der Waals surface area contributed by atoms with Crippen molar-refractivity contribution in [1.29, 1.82) is 0 Å². The van der Waals surface area contributed by atoms with Gasteiger partial charge in [0.15, 0.2) is 29.9 Å². The van der Waals surface area contributed by atoms with Crippen LogP contribution in [0.1, 0.15) is 139 Å². The quantitative estimate of drug-likeness (QED) is 0.0125. The Kier molecular flexibility index (Phi) is 15.9. The van der Waals surface area contributed by atoms with Gasteiger partial charge in [-0.05, 0) is 79.0 Å². The van der Waals surface area contributed by atoms with E-state index in [9.17, 15) is 45.3 Å². The topological polar surface area (TPSA) is 337 Å². The number of ketones is 2. The lowest BCUT2D eigenvalue weighted by molar-refractivity contribution is -0.378. The van der Waals surface area contributed by atoms with E-state index in [0.29, 0.717) is 43.1 Å². The summed E-state index contributed by atoms with van der Waals surface area (Å²) in [7, 11) is 0. The third-order valence-corrected chi connectivity index (χ3v) is 14.0. The molecule has 0 unspecified atom stereocenters. The largest absolute Gasteiger partial charge is 0.507 e. The maximum atomic E-state index is 15.8. The van der Waals surface area contributed by atoms with Gasteiger partial charge in [-0.3, -0.25) is 24.2 Å². The van der Waals surface area contributed by atoms with Crippen LogP contribution in [0.2, 0.25) is 0 Å². The van der Waals surface area contributed by atoms with Gasteiger partial charge in [0, 0.05) is 58.7 Å². The maximum absolute atomic E-state index is 15.8. The zero-order valence-corrected chi connectivity index (χ0v) is 40.9. The number of phenolic OH excluding ortho intramolecular Hbond substituents is 1. The molecular weight excluding hydrogens is 957 g/mol. The molecule has 390 valence electrons. The van der Waals surface area contributed by atoms with Crippen molar-refractivity contribution in [3.8, 4) is 29.1 Å². The van der Waals surface area contributed by atoms with Crippen LogP contribution in [0.3, 0.4) is 0 Å². The summed E-state index contributed by atoms with van der Waals surface area (Å²) in [5, 5.41) is 80.9. The summed E-state index contributed by atoms with van der Waals surface area (Å²) in [6.07, 6.45) is -2.48. The number of carbonyl (C=O) groups excluding carboxylic acids is 4. The van der Waals surface area contributed by atoms with E-state index in [2.05, 4.69) is 16.8 Å². The molecule has 4 aromatic rings. The molecule has 13 N–H and O–H groups in total. The van der Waals surface area contributed by atoms with Crippen molar-refractivity contribution in [1.82, 2.24) is 0 Å². The SMILES string of the molecule is CC(=O)Oc1cc(CO)c2c3c1/C=C/c1cccc(c1)C[C@H](O)CC[C@@H](N)C#CCc1c(O[C@H]4O[C@@H](C)[C@@H](O)C(O)(O)[C@H]4OCCN=C(N)N)c(Cc4cccc(C5(O)CCCC5)c4C=O)c(O)c(c1C3=O)C2=O. The fraction of sp³-hybridized carbons (Fsp3) is 0.400. The van der Waals surface area contributed by atoms with Crippen LogP contribution in [0.5, 0.6) is 17.2 Å². The Hall–Kier alpha value is -6.83. The van der Waals surface area contributed by atoms with E-state index in [1.165, 1.54) is 19.1 Å². The van der Waals surface area contributed by atoms with Crippen LogP contribution in [0.25, 0.3) is 12.2 Å². The average Bonchev–Trinajstić information content (AvgIpc) is 3.81. The van der Waals surface area contributed by atoms with Crippen LogP contribution in [-0.2, 0) is 45.7 Å². The summed E-state index contributed by atoms with van der Waals surface area (Å²) in [5.74, 6) is -1.50. The first-order valence-electron chi connectivity index (χ1n) is 24.4. The third kappa shape index (κ3) is 10.6. The molecule has 0 amide bonds. The molecule has 6 atom stereocenters. The molecule has 4 bridgehead atoms. The Labute approximate surface area is 426 Å². The molecule has 1 saturated carbocycles. The number of nitrogens with zero attached hydrogens (tertiary/aromatic N) is 1. The number of benzene rings is 4. The van der Waals surface area contributed by atoms with E-state index in [1.54, 1.807) is 36.4 Å². The molecule has 2 fully saturated rings. The maximum Gasteiger partial charge on any atom is 0.308 e. The van der Waals surface area contributed by atoms with Crippen molar-refractivity contribution >= 4 is 41.9 Å². The number of ether oxygens (including phenoxy) is 4. The summed E-state index contributed by atoms with van der Waals surface area (Å²) in [5.41, 5.74) is 16.0. The number of phenols is 1. The molecule has 19 nitrogen and oxygen atoms in total. The number of hydrogen-bond acceptors (Lipinski definition) is 17. The minimum absolute atomic E-state index is 0.0525.